The van der Waals surface area contributed by atoms with Crippen molar-refractivity contribution in [3.05, 3.63) is 65.7 Å². The van der Waals surface area contributed by atoms with Crippen molar-refractivity contribution in [3.8, 4) is 5.75 Å². The molecule has 30 heavy (non-hydrogen) atoms. The number of nitrogens with zero attached hydrogens (tertiary/aromatic N) is 2. The normalized spacial score (nSPS) is 22.8. The Bertz CT molecular complexity index is 847. The van der Waals surface area contributed by atoms with E-state index in [9.17, 15) is 13.2 Å². The molecule has 0 radical (unpaired) electrons. The van der Waals surface area contributed by atoms with Gasteiger partial charge in [0, 0.05) is 12.0 Å². The number of halogens is 3. The Hall–Kier alpha value is -2.54. The fourth-order valence-corrected chi connectivity index (χ4v) is 4.03. The molecule has 2 aliphatic rings. The average Bonchev–Trinajstić information content (AvgIpc) is 2.78. The minimum atomic E-state index is -4.35. The van der Waals surface area contributed by atoms with E-state index in [4.69, 9.17) is 9.57 Å². The van der Waals surface area contributed by atoms with Gasteiger partial charge in [0.25, 0.3) is 0 Å². The molecule has 1 saturated heterocycles. The fraction of sp³-hybridized carbons (Fsp3) is 0.435. The Kier molecular flexibility index (Phi) is 6.27. The lowest BCUT2D eigenvalue weighted by molar-refractivity contribution is -0.137. The van der Waals surface area contributed by atoms with Gasteiger partial charge in [-0.1, -0.05) is 41.9 Å². The van der Waals surface area contributed by atoms with Crippen LogP contribution >= 0.6 is 0 Å². The molecular weight excluding hydrogens is 393 g/mol. The molecule has 160 valence electrons. The first kappa shape index (κ1) is 20.7. The van der Waals surface area contributed by atoms with E-state index in [1.807, 2.05) is 30.3 Å². The van der Waals surface area contributed by atoms with Crippen LogP contribution in [-0.4, -0.2) is 42.5 Å². The van der Waals surface area contributed by atoms with Crippen LogP contribution in [0.15, 0.2) is 59.8 Å². The maximum absolute atomic E-state index is 12.9. The van der Waals surface area contributed by atoms with Crippen LogP contribution in [0.4, 0.5) is 13.2 Å². The molecule has 0 spiro atoms. The minimum absolute atomic E-state index is 0.000148. The molecule has 2 heterocycles. The molecule has 1 fully saturated rings. The van der Waals surface area contributed by atoms with Crippen LogP contribution < -0.4 is 4.74 Å². The van der Waals surface area contributed by atoms with E-state index in [-0.39, 0.29) is 12.1 Å². The molecule has 4 nitrogen and oxygen atoms in total. The van der Waals surface area contributed by atoms with Crippen molar-refractivity contribution in [2.45, 2.75) is 44.0 Å². The second kappa shape index (κ2) is 9.08. The first-order chi connectivity index (χ1) is 14.5. The van der Waals surface area contributed by atoms with Crippen molar-refractivity contribution >= 4 is 5.71 Å². The van der Waals surface area contributed by atoms with E-state index >= 15 is 0 Å². The van der Waals surface area contributed by atoms with Crippen molar-refractivity contribution in [3.63, 3.8) is 0 Å². The van der Waals surface area contributed by atoms with E-state index in [2.05, 4.69) is 10.1 Å². The molecule has 0 bridgehead atoms. The first-order valence-corrected chi connectivity index (χ1v) is 10.3. The number of para-hydroxylation sites is 1. The van der Waals surface area contributed by atoms with Gasteiger partial charge in [0.05, 0.1) is 11.6 Å². The average molecular weight is 418 g/mol. The first-order valence-electron chi connectivity index (χ1n) is 10.3. The zero-order valence-electron chi connectivity index (χ0n) is 16.6. The van der Waals surface area contributed by atoms with Crippen LogP contribution in [0.25, 0.3) is 0 Å². The molecule has 0 amide bonds. The molecule has 2 unspecified atom stereocenters. The molecule has 4 rings (SSSR count). The van der Waals surface area contributed by atoms with E-state index in [1.54, 1.807) is 0 Å². The van der Waals surface area contributed by atoms with Gasteiger partial charge in [0.15, 0.2) is 6.10 Å². The lowest BCUT2D eigenvalue weighted by Crippen LogP contribution is -2.49. The predicted octanol–water partition coefficient (Wildman–Crippen LogP) is 5.13. The standard InChI is InChI=1S/C23H25F3N2O2/c24-23(25,26)18-11-9-17(10-12-18)22-21(28-13-5-2-6-14-28)15-20(30-27-22)16-29-19-7-3-1-4-8-19/h1,3-4,7-12,20-21H,2,5-6,13-16H2. The van der Waals surface area contributed by atoms with Gasteiger partial charge in [0.2, 0.25) is 0 Å². The number of alkyl halides is 3. The summed E-state index contributed by atoms with van der Waals surface area (Å²) in [5.74, 6) is 0.771. The molecule has 7 heteroatoms. The van der Waals surface area contributed by atoms with Gasteiger partial charge in [0.1, 0.15) is 18.1 Å². The van der Waals surface area contributed by atoms with E-state index < -0.39 is 11.7 Å². The van der Waals surface area contributed by atoms with E-state index in [0.717, 1.165) is 43.8 Å². The van der Waals surface area contributed by atoms with Crippen molar-refractivity contribution in [1.82, 2.24) is 4.90 Å². The summed E-state index contributed by atoms with van der Waals surface area (Å²) in [6, 6.07) is 14.7. The summed E-state index contributed by atoms with van der Waals surface area (Å²) in [4.78, 5) is 8.07. The highest BCUT2D eigenvalue weighted by Gasteiger charge is 2.35. The van der Waals surface area contributed by atoms with Gasteiger partial charge >= 0.3 is 6.18 Å². The number of likely N-dealkylation sites (tertiary alicyclic amines) is 1. The highest BCUT2D eigenvalue weighted by Crippen LogP contribution is 2.31. The summed E-state index contributed by atoms with van der Waals surface area (Å²) in [5, 5.41) is 4.36. The summed E-state index contributed by atoms with van der Waals surface area (Å²) in [6.07, 6.45) is -0.448. The number of benzene rings is 2. The maximum atomic E-state index is 12.9. The Morgan fingerprint density at radius 1 is 0.967 bits per heavy atom. The fourth-order valence-electron chi connectivity index (χ4n) is 4.03. The molecule has 0 aromatic heterocycles. The maximum Gasteiger partial charge on any atom is 0.416 e. The highest BCUT2D eigenvalue weighted by atomic mass is 19.4. The number of oxime groups is 1. The van der Waals surface area contributed by atoms with Crippen LogP contribution in [0, 0.1) is 0 Å². The van der Waals surface area contributed by atoms with Crippen LogP contribution in [0.1, 0.15) is 36.8 Å². The van der Waals surface area contributed by atoms with Gasteiger partial charge in [-0.3, -0.25) is 4.90 Å². The molecule has 2 aromatic carbocycles. The summed E-state index contributed by atoms with van der Waals surface area (Å²) < 4.78 is 44.6. The van der Waals surface area contributed by atoms with Crippen LogP contribution in [0.3, 0.4) is 0 Å². The number of hydrogen-bond donors (Lipinski definition) is 0. The zero-order valence-corrected chi connectivity index (χ0v) is 16.6. The lowest BCUT2D eigenvalue weighted by atomic mass is 9.93. The summed E-state index contributed by atoms with van der Waals surface area (Å²) in [6.45, 7) is 2.28. The highest BCUT2D eigenvalue weighted by molar-refractivity contribution is 6.04. The summed E-state index contributed by atoms with van der Waals surface area (Å²) in [7, 11) is 0. The second-order valence-corrected chi connectivity index (χ2v) is 7.75. The van der Waals surface area contributed by atoms with Crippen molar-refractivity contribution in [2.24, 2.45) is 5.16 Å². The third-order valence-electron chi connectivity index (χ3n) is 5.62. The Labute approximate surface area is 174 Å². The molecule has 0 saturated carbocycles. The topological polar surface area (TPSA) is 34.1 Å². The van der Waals surface area contributed by atoms with Gasteiger partial charge in [-0.25, -0.2) is 0 Å². The molecule has 2 aromatic rings. The van der Waals surface area contributed by atoms with Crippen LogP contribution in [0.2, 0.25) is 0 Å². The molecule has 0 N–H and O–H groups in total. The lowest BCUT2D eigenvalue weighted by Gasteiger charge is -2.38. The van der Waals surface area contributed by atoms with Gasteiger partial charge < -0.3 is 9.57 Å². The monoisotopic (exact) mass is 418 g/mol. The molecule has 2 aliphatic heterocycles. The third kappa shape index (κ3) is 4.95. The Morgan fingerprint density at radius 3 is 2.33 bits per heavy atom. The second-order valence-electron chi connectivity index (χ2n) is 7.75. The number of piperidine rings is 1. The Balaban J connectivity index is 1.52. The van der Waals surface area contributed by atoms with Crippen molar-refractivity contribution < 1.29 is 22.7 Å². The van der Waals surface area contributed by atoms with Gasteiger partial charge in [-0.05, 0) is 50.2 Å². The number of ether oxygens (including phenoxy) is 1. The largest absolute Gasteiger partial charge is 0.490 e. The molecule has 0 aliphatic carbocycles. The third-order valence-corrected chi connectivity index (χ3v) is 5.62. The predicted molar refractivity (Wildman–Crippen MR) is 109 cm³/mol. The minimum Gasteiger partial charge on any atom is -0.490 e. The molecule has 2 atom stereocenters. The summed E-state index contributed by atoms with van der Waals surface area (Å²) in [5.41, 5.74) is 0.704. The van der Waals surface area contributed by atoms with Crippen LogP contribution in [-0.2, 0) is 11.0 Å². The SMILES string of the molecule is FC(F)(F)c1ccc(C2=NOC(COc3ccccc3)CC2N2CCCCC2)cc1. The zero-order chi connectivity index (χ0) is 21.0. The number of hydrogen-bond acceptors (Lipinski definition) is 4. The number of rotatable bonds is 5. The van der Waals surface area contributed by atoms with E-state index in [0.29, 0.717) is 24.3 Å². The summed E-state index contributed by atoms with van der Waals surface area (Å²) >= 11 is 0. The smallest absolute Gasteiger partial charge is 0.416 e. The molecular formula is C23H25F3N2O2. The quantitative estimate of drug-likeness (QED) is 0.675. The van der Waals surface area contributed by atoms with Crippen molar-refractivity contribution in [2.75, 3.05) is 19.7 Å². The van der Waals surface area contributed by atoms with Gasteiger partial charge in [-0.2, -0.15) is 13.2 Å². The Morgan fingerprint density at radius 2 is 1.67 bits per heavy atom. The van der Waals surface area contributed by atoms with Crippen molar-refractivity contribution in [1.29, 1.82) is 0 Å². The van der Waals surface area contributed by atoms with E-state index in [1.165, 1.54) is 18.6 Å². The van der Waals surface area contributed by atoms with Gasteiger partial charge in [-0.15, -0.1) is 0 Å². The van der Waals surface area contributed by atoms with Crippen LogP contribution in [0.5, 0.6) is 5.75 Å².